The zero-order chi connectivity index (χ0) is 19.9. The van der Waals surface area contributed by atoms with Gasteiger partial charge in [0.25, 0.3) is 0 Å². The standard InChI is InChI=1S/C18H13ClFN5O2S/c1-28(26,27)17-5-2-11(8-21-17)12-6-16-18(22-10-23-25(16)9-12)24-13-3-4-15(20)14(19)7-13/h2-10H,1H3,(H,22,23,24). The molecular formula is C18H13ClFN5O2S. The maximum Gasteiger partial charge on any atom is 0.192 e. The van der Waals surface area contributed by atoms with E-state index in [4.69, 9.17) is 11.6 Å². The molecule has 0 fully saturated rings. The highest BCUT2D eigenvalue weighted by molar-refractivity contribution is 7.90. The molecule has 0 amide bonds. The number of nitrogens with zero attached hydrogens (tertiary/aromatic N) is 4. The fraction of sp³-hybridized carbons (Fsp3) is 0.0556. The average molecular weight is 418 g/mol. The number of halogens is 2. The molecule has 7 nitrogen and oxygen atoms in total. The van der Waals surface area contributed by atoms with Gasteiger partial charge in [0.05, 0.1) is 5.02 Å². The van der Waals surface area contributed by atoms with Gasteiger partial charge in [0.2, 0.25) is 0 Å². The summed E-state index contributed by atoms with van der Waals surface area (Å²) in [6.45, 7) is 0. The first-order valence-electron chi connectivity index (χ1n) is 8.03. The molecule has 0 atom stereocenters. The van der Waals surface area contributed by atoms with E-state index in [0.717, 1.165) is 17.4 Å². The summed E-state index contributed by atoms with van der Waals surface area (Å²) in [5.41, 5.74) is 2.76. The first kappa shape index (κ1) is 18.3. The summed E-state index contributed by atoms with van der Waals surface area (Å²) >= 11 is 5.82. The Kier molecular flexibility index (Phi) is 4.48. The Morgan fingerprint density at radius 2 is 1.93 bits per heavy atom. The van der Waals surface area contributed by atoms with Crippen LogP contribution in [0.25, 0.3) is 16.6 Å². The average Bonchev–Trinajstić information content (AvgIpc) is 3.09. The minimum atomic E-state index is -3.36. The van der Waals surface area contributed by atoms with E-state index in [2.05, 4.69) is 20.4 Å². The number of anilines is 2. The molecule has 0 aliphatic carbocycles. The molecule has 1 N–H and O–H groups in total. The number of sulfone groups is 1. The van der Waals surface area contributed by atoms with Gasteiger partial charge in [0.1, 0.15) is 17.7 Å². The van der Waals surface area contributed by atoms with Crippen molar-refractivity contribution in [1.29, 1.82) is 0 Å². The number of fused-ring (bicyclic) bond motifs is 1. The molecule has 1 aromatic carbocycles. The van der Waals surface area contributed by atoms with Crippen LogP contribution in [-0.2, 0) is 9.84 Å². The number of hydrogen-bond donors (Lipinski definition) is 1. The molecule has 0 saturated carbocycles. The topological polar surface area (TPSA) is 89.2 Å². The first-order valence-corrected chi connectivity index (χ1v) is 10.3. The van der Waals surface area contributed by atoms with E-state index >= 15 is 0 Å². The van der Waals surface area contributed by atoms with Gasteiger partial charge in [0.15, 0.2) is 20.7 Å². The molecule has 0 unspecified atom stereocenters. The molecule has 0 aliphatic rings. The monoisotopic (exact) mass is 417 g/mol. The molecule has 28 heavy (non-hydrogen) atoms. The maximum absolute atomic E-state index is 13.4. The highest BCUT2D eigenvalue weighted by Gasteiger charge is 2.12. The summed E-state index contributed by atoms with van der Waals surface area (Å²) in [4.78, 5) is 8.24. The predicted molar refractivity (Wildman–Crippen MR) is 104 cm³/mol. The molecule has 0 radical (unpaired) electrons. The van der Waals surface area contributed by atoms with Gasteiger partial charge in [-0.25, -0.2) is 27.3 Å². The normalized spacial score (nSPS) is 11.7. The minimum absolute atomic E-state index is 0.00295. The number of pyridine rings is 1. The van der Waals surface area contributed by atoms with Crippen LogP contribution in [0.4, 0.5) is 15.9 Å². The van der Waals surface area contributed by atoms with Crippen LogP contribution >= 0.6 is 11.6 Å². The lowest BCUT2D eigenvalue weighted by Gasteiger charge is -2.07. The van der Waals surface area contributed by atoms with Crippen LogP contribution in [-0.4, -0.2) is 34.3 Å². The molecule has 4 rings (SSSR count). The van der Waals surface area contributed by atoms with Gasteiger partial charge in [0, 0.05) is 35.5 Å². The van der Waals surface area contributed by atoms with Crippen molar-refractivity contribution in [2.75, 3.05) is 11.6 Å². The number of benzene rings is 1. The van der Waals surface area contributed by atoms with Crippen LogP contribution < -0.4 is 5.32 Å². The fourth-order valence-corrected chi connectivity index (χ4v) is 3.40. The predicted octanol–water partition coefficient (Wildman–Crippen LogP) is 3.73. The van der Waals surface area contributed by atoms with E-state index in [1.165, 1.54) is 30.7 Å². The first-order chi connectivity index (χ1) is 13.3. The molecule has 0 saturated heterocycles. The number of rotatable bonds is 4. The Bertz CT molecular complexity index is 1290. The molecule has 0 aliphatic heterocycles. The summed E-state index contributed by atoms with van der Waals surface area (Å²) in [5.74, 6) is -0.000274. The molecule has 142 valence electrons. The largest absolute Gasteiger partial charge is 0.338 e. The summed E-state index contributed by atoms with van der Waals surface area (Å²) < 4.78 is 38.1. The van der Waals surface area contributed by atoms with E-state index < -0.39 is 15.7 Å². The molecule has 0 bridgehead atoms. The van der Waals surface area contributed by atoms with Crippen LogP contribution in [0.5, 0.6) is 0 Å². The van der Waals surface area contributed by atoms with Gasteiger partial charge < -0.3 is 5.32 Å². The molecule has 3 aromatic heterocycles. The van der Waals surface area contributed by atoms with Crippen molar-refractivity contribution in [2.45, 2.75) is 5.03 Å². The molecule has 4 aromatic rings. The molecular weight excluding hydrogens is 405 g/mol. The highest BCUT2D eigenvalue weighted by Crippen LogP contribution is 2.28. The molecule has 10 heteroatoms. The Balaban J connectivity index is 1.71. The second-order valence-electron chi connectivity index (χ2n) is 6.08. The summed E-state index contributed by atoms with van der Waals surface area (Å²) in [6, 6.07) is 9.26. The van der Waals surface area contributed by atoms with Crippen LogP contribution in [0, 0.1) is 5.82 Å². The summed E-state index contributed by atoms with van der Waals surface area (Å²) in [7, 11) is -3.36. The van der Waals surface area contributed by atoms with Gasteiger partial charge in [-0.1, -0.05) is 11.6 Å². The zero-order valence-electron chi connectivity index (χ0n) is 14.5. The third kappa shape index (κ3) is 3.54. The smallest absolute Gasteiger partial charge is 0.192 e. The fourth-order valence-electron chi connectivity index (χ4n) is 2.66. The minimum Gasteiger partial charge on any atom is -0.338 e. The SMILES string of the molecule is CS(=O)(=O)c1ccc(-c2cc3c(Nc4ccc(F)c(Cl)c4)ncnn3c2)cn1. The van der Waals surface area contributed by atoms with E-state index in [0.29, 0.717) is 17.0 Å². The summed E-state index contributed by atoms with van der Waals surface area (Å²) in [6.07, 6.45) is 5.76. The zero-order valence-corrected chi connectivity index (χ0v) is 16.0. The second-order valence-corrected chi connectivity index (χ2v) is 8.45. The van der Waals surface area contributed by atoms with Crippen molar-refractivity contribution in [3.8, 4) is 11.1 Å². The number of nitrogens with one attached hydrogen (secondary N) is 1. The van der Waals surface area contributed by atoms with Crippen LogP contribution in [0.2, 0.25) is 5.02 Å². The Hall–Kier alpha value is -3.04. The van der Waals surface area contributed by atoms with Crippen molar-refractivity contribution >= 4 is 38.5 Å². The molecule has 3 heterocycles. The lowest BCUT2D eigenvalue weighted by molar-refractivity contribution is 0.598. The lowest BCUT2D eigenvalue weighted by atomic mass is 10.1. The van der Waals surface area contributed by atoms with Crippen molar-refractivity contribution in [2.24, 2.45) is 0 Å². The number of hydrogen-bond acceptors (Lipinski definition) is 6. The van der Waals surface area contributed by atoms with Crippen LogP contribution in [0.15, 0.2) is 60.1 Å². The van der Waals surface area contributed by atoms with Gasteiger partial charge >= 0.3 is 0 Å². The third-order valence-electron chi connectivity index (χ3n) is 4.04. The lowest BCUT2D eigenvalue weighted by Crippen LogP contribution is -1.99. The van der Waals surface area contributed by atoms with Gasteiger partial charge in [-0.05, 0) is 36.4 Å². The van der Waals surface area contributed by atoms with Gasteiger partial charge in [-0.15, -0.1) is 0 Å². The third-order valence-corrected chi connectivity index (χ3v) is 5.33. The Morgan fingerprint density at radius 3 is 2.61 bits per heavy atom. The van der Waals surface area contributed by atoms with Crippen molar-refractivity contribution < 1.29 is 12.8 Å². The Labute approximate surface area is 164 Å². The van der Waals surface area contributed by atoms with E-state index in [-0.39, 0.29) is 10.0 Å². The van der Waals surface area contributed by atoms with Crippen LogP contribution in [0.1, 0.15) is 0 Å². The molecule has 0 spiro atoms. The maximum atomic E-state index is 13.4. The van der Waals surface area contributed by atoms with Crippen molar-refractivity contribution in [3.05, 3.63) is 66.0 Å². The summed E-state index contributed by atoms with van der Waals surface area (Å²) in [5, 5.41) is 7.28. The van der Waals surface area contributed by atoms with E-state index in [9.17, 15) is 12.8 Å². The van der Waals surface area contributed by atoms with Crippen LogP contribution in [0.3, 0.4) is 0 Å². The second kappa shape index (κ2) is 6.84. The van der Waals surface area contributed by atoms with E-state index in [1.54, 1.807) is 22.8 Å². The number of aromatic nitrogens is 4. The van der Waals surface area contributed by atoms with Crippen molar-refractivity contribution in [3.63, 3.8) is 0 Å². The van der Waals surface area contributed by atoms with E-state index in [1.807, 2.05) is 6.07 Å². The Morgan fingerprint density at radius 1 is 1.11 bits per heavy atom. The van der Waals surface area contributed by atoms with Gasteiger partial charge in [-0.2, -0.15) is 5.10 Å². The van der Waals surface area contributed by atoms with Crippen molar-refractivity contribution in [1.82, 2.24) is 19.6 Å². The highest BCUT2D eigenvalue weighted by atomic mass is 35.5. The quantitative estimate of drug-likeness (QED) is 0.544. The van der Waals surface area contributed by atoms with Gasteiger partial charge in [-0.3, -0.25) is 0 Å².